The van der Waals surface area contributed by atoms with Crippen LogP contribution in [-0.4, -0.2) is 17.6 Å². The Bertz CT molecular complexity index is 736. The van der Waals surface area contributed by atoms with Crippen LogP contribution in [0, 0.1) is 6.92 Å². The Morgan fingerprint density at radius 1 is 0.957 bits per heavy atom. The first kappa shape index (κ1) is 16.4. The molecule has 0 aliphatic carbocycles. The van der Waals surface area contributed by atoms with Crippen molar-refractivity contribution in [2.45, 2.75) is 20.4 Å². The van der Waals surface area contributed by atoms with Crippen LogP contribution in [0.4, 0.5) is 5.69 Å². The lowest BCUT2D eigenvalue weighted by molar-refractivity contribution is -0.136. The van der Waals surface area contributed by atoms with E-state index in [1.54, 1.807) is 18.2 Å². The molecule has 2 amide bonds. The SMILES string of the molecule is CC(=O)c1cccc(NC(=O)C(=O)NCc2ccc(C)cc2)c1. The second kappa shape index (κ2) is 7.35. The van der Waals surface area contributed by atoms with Crippen molar-refractivity contribution in [1.82, 2.24) is 5.32 Å². The fraction of sp³-hybridized carbons (Fsp3) is 0.167. The lowest BCUT2D eigenvalue weighted by atomic mass is 10.1. The van der Waals surface area contributed by atoms with Gasteiger partial charge in [-0.05, 0) is 31.5 Å². The Balaban J connectivity index is 1.92. The average molecular weight is 310 g/mol. The number of carbonyl (C=O) groups excluding carboxylic acids is 3. The van der Waals surface area contributed by atoms with Gasteiger partial charge in [-0.2, -0.15) is 0 Å². The monoisotopic (exact) mass is 310 g/mol. The van der Waals surface area contributed by atoms with Crippen LogP contribution in [0.3, 0.4) is 0 Å². The summed E-state index contributed by atoms with van der Waals surface area (Å²) >= 11 is 0. The van der Waals surface area contributed by atoms with Crippen molar-refractivity contribution < 1.29 is 14.4 Å². The van der Waals surface area contributed by atoms with Crippen LogP contribution in [0.25, 0.3) is 0 Å². The van der Waals surface area contributed by atoms with E-state index < -0.39 is 11.8 Å². The molecule has 0 atom stereocenters. The fourth-order valence-electron chi connectivity index (χ4n) is 1.97. The molecule has 0 bridgehead atoms. The van der Waals surface area contributed by atoms with Gasteiger partial charge in [0.25, 0.3) is 0 Å². The number of aryl methyl sites for hydroxylation is 1. The van der Waals surface area contributed by atoms with E-state index >= 15 is 0 Å². The van der Waals surface area contributed by atoms with Crippen molar-refractivity contribution in [3.63, 3.8) is 0 Å². The first-order chi connectivity index (χ1) is 11.0. The van der Waals surface area contributed by atoms with E-state index in [0.29, 0.717) is 11.3 Å². The zero-order valence-corrected chi connectivity index (χ0v) is 13.1. The number of hydrogen-bond donors (Lipinski definition) is 2. The van der Waals surface area contributed by atoms with Crippen LogP contribution in [0.2, 0.25) is 0 Å². The fourth-order valence-corrected chi connectivity index (χ4v) is 1.97. The van der Waals surface area contributed by atoms with Gasteiger partial charge in [0, 0.05) is 17.8 Å². The highest BCUT2D eigenvalue weighted by Gasteiger charge is 2.13. The standard InChI is InChI=1S/C18H18N2O3/c1-12-6-8-14(9-7-12)11-19-17(22)18(23)20-16-5-3-4-15(10-16)13(2)21/h3-10H,11H2,1-2H3,(H,19,22)(H,20,23). The molecule has 0 aromatic heterocycles. The lowest BCUT2D eigenvalue weighted by Gasteiger charge is -2.07. The van der Waals surface area contributed by atoms with Crippen LogP contribution < -0.4 is 10.6 Å². The molecule has 2 aromatic carbocycles. The summed E-state index contributed by atoms with van der Waals surface area (Å²) in [5.41, 5.74) is 2.93. The Labute approximate surface area is 134 Å². The Morgan fingerprint density at radius 2 is 1.65 bits per heavy atom. The topological polar surface area (TPSA) is 75.3 Å². The molecule has 0 aliphatic rings. The van der Waals surface area contributed by atoms with Crippen molar-refractivity contribution >= 4 is 23.3 Å². The number of benzene rings is 2. The number of nitrogens with one attached hydrogen (secondary N) is 2. The third kappa shape index (κ3) is 4.78. The second-order valence-corrected chi connectivity index (χ2v) is 5.26. The van der Waals surface area contributed by atoms with Gasteiger partial charge in [-0.25, -0.2) is 0 Å². The molecule has 5 heteroatoms. The van der Waals surface area contributed by atoms with E-state index in [1.807, 2.05) is 31.2 Å². The summed E-state index contributed by atoms with van der Waals surface area (Å²) in [4.78, 5) is 35.0. The van der Waals surface area contributed by atoms with Gasteiger partial charge in [-0.15, -0.1) is 0 Å². The Kier molecular flexibility index (Phi) is 5.25. The van der Waals surface area contributed by atoms with Crippen LogP contribution in [0.5, 0.6) is 0 Å². The van der Waals surface area contributed by atoms with E-state index in [1.165, 1.54) is 13.0 Å². The van der Waals surface area contributed by atoms with Gasteiger partial charge in [-0.3, -0.25) is 14.4 Å². The minimum Gasteiger partial charge on any atom is -0.344 e. The van der Waals surface area contributed by atoms with E-state index in [2.05, 4.69) is 10.6 Å². The van der Waals surface area contributed by atoms with E-state index in [-0.39, 0.29) is 12.3 Å². The van der Waals surface area contributed by atoms with Crippen LogP contribution in [-0.2, 0) is 16.1 Å². The molecule has 0 spiro atoms. The van der Waals surface area contributed by atoms with Gasteiger partial charge < -0.3 is 10.6 Å². The smallest absolute Gasteiger partial charge is 0.313 e. The van der Waals surface area contributed by atoms with Gasteiger partial charge >= 0.3 is 11.8 Å². The molecule has 5 nitrogen and oxygen atoms in total. The lowest BCUT2D eigenvalue weighted by Crippen LogP contribution is -2.34. The van der Waals surface area contributed by atoms with Crippen molar-refractivity contribution in [2.75, 3.05) is 5.32 Å². The Hall–Kier alpha value is -2.95. The minimum absolute atomic E-state index is 0.107. The summed E-state index contributed by atoms with van der Waals surface area (Å²) in [7, 11) is 0. The van der Waals surface area contributed by atoms with Crippen molar-refractivity contribution in [1.29, 1.82) is 0 Å². The number of amides is 2. The molecule has 118 valence electrons. The largest absolute Gasteiger partial charge is 0.344 e. The van der Waals surface area contributed by atoms with Crippen LogP contribution >= 0.6 is 0 Å². The third-order valence-corrected chi connectivity index (χ3v) is 3.31. The van der Waals surface area contributed by atoms with Gasteiger partial charge in [0.1, 0.15) is 0 Å². The van der Waals surface area contributed by atoms with Crippen molar-refractivity contribution in [3.8, 4) is 0 Å². The normalized spacial score (nSPS) is 10.0. The average Bonchev–Trinajstić information content (AvgIpc) is 2.54. The highest BCUT2D eigenvalue weighted by Crippen LogP contribution is 2.11. The number of ketones is 1. The first-order valence-corrected chi connectivity index (χ1v) is 7.21. The number of rotatable bonds is 4. The molecular weight excluding hydrogens is 292 g/mol. The number of anilines is 1. The molecule has 2 aromatic rings. The summed E-state index contributed by atoms with van der Waals surface area (Å²) in [6.45, 7) is 3.69. The predicted molar refractivity (Wildman–Crippen MR) is 88.1 cm³/mol. The second-order valence-electron chi connectivity index (χ2n) is 5.26. The zero-order valence-electron chi connectivity index (χ0n) is 13.1. The summed E-state index contributed by atoms with van der Waals surface area (Å²) in [5.74, 6) is -1.60. The van der Waals surface area contributed by atoms with Gasteiger partial charge in [0.15, 0.2) is 5.78 Å². The highest BCUT2D eigenvalue weighted by molar-refractivity contribution is 6.39. The molecule has 0 saturated carbocycles. The molecule has 0 fully saturated rings. The molecule has 0 unspecified atom stereocenters. The number of Topliss-reactive ketones (excluding diaryl/α,β-unsaturated/α-hetero) is 1. The summed E-state index contributed by atoms with van der Waals surface area (Å²) in [5, 5.41) is 5.04. The summed E-state index contributed by atoms with van der Waals surface area (Å²) < 4.78 is 0. The van der Waals surface area contributed by atoms with E-state index in [9.17, 15) is 14.4 Å². The minimum atomic E-state index is -0.766. The van der Waals surface area contributed by atoms with E-state index in [0.717, 1.165) is 11.1 Å². The van der Waals surface area contributed by atoms with Gasteiger partial charge in [-0.1, -0.05) is 42.0 Å². The molecule has 0 radical (unpaired) electrons. The third-order valence-electron chi connectivity index (χ3n) is 3.31. The number of hydrogen-bond acceptors (Lipinski definition) is 3. The van der Waals surface area contributed by atoms with Gasteiger partial charge in [0.2, 0.25) is 0 Å². The zero-order chi connectivity index (χ0) is 16.8. The van der Waals surface area contributed by atoms with Crippen molar-refractivity contribution in [3.05, 3.63) is 65.2 Å². The Morgan fingerprint density at radius 3 is 2.30 bits per heavy atom. The predicted octanol–water partition coefficient (Wildman–Crippen LogP) is 2.45. The molecule has 0 saturated heterocycles. The molecule has 0 heterocycles. The highest BCUT2D eigenvalue weighted by atomic mass is 16.2. The maximum absolute atomic E-state index is 11.9. The van der Waals surface area contributed by atoms with Crippen LogP contribution in [0.15, 0.2) is 48.5 Å². The quantitative estimate of drug-likeness (QED) is 0.673. The maximum Gasteiger partial charge on any atom is 0.313 e. The van der Waals surface area contributed by atoms with Crippen molar-refractivity contribution in [2.24, 2.45) is 0 Å². The number of carbonyl (C=O) groups is 3. The molecule has 0 aliphatic heterocycles. The summed E-state index contributed by atoms with van der Waals surface area (Å²) in [6.07, 6.45) is 0. The molecular formula is C18H18N2O3. The summed E-state index contributed by atoms with van der Waals surface area (Å²) in [6, 6.07) is 14.1. The van der Waals surface area contributed by atoms with E-state index in [4.69, 9.17) is 0 Å². The van der Waals surface area contributed by atoms with Crippen LogP contribution in [0.1, 0.15) is 28.4 Å². The first-order valence-electron chi connectivity index (χ1n) is 7.21. The van der Waals surface area contributed by atoms with Gasteiger partial charge in [0.05, 0.1) is 0 Å². The molecule has 2 rings (SSSR count). The molecule has 23 heavy (non-hydrogen) atoms. The maximum atomic E-state index is 11.9. The molecule has 2 N–H and O–H groups in total.